The highest BCUT2D eigenvalue weighted by molar-refractivity contribution is 5.96. The molecule has 0 spiro atoms. The van der Waals surface area contributed by atoms with Gasteiger partial charge in [0.25, 0.3) is 0 Å². The van der Waals surface area contributed by atoms with Crippen LogP contribution in [-0.2, 0) is 0 Å². The summed E-state index contributed by atoms with van der Waals surface area (Å²) in [6.07, 6.45) is 0.0386. The molecule has 0 aliphatic carbocycles. The molecule has 0 fully saturated rings. The largest absolute Gasteiger partial charge is 0.497 e. The molecule has 5 nitrogen and oxygen atoms in total. The van der Waals surface area contributed by atoms with Crippen molar-refractivity contribution in [3.8, 4) is 5.75 Å². The van der Waals surface area contributed by atoms with E-state index in [9.17, 15) is 14.9 Å². The van der Waals surface area contributed by atoms with Gasteiger partial charge in [-0.15, -0.1) is 0 Å². The maximum Gasteiger partial charge on any atom is 0.245 e. The molecule has 0 saturated carbocycles. The SMILES string of the molecule is COc1ccc(C(=O)C[C@@H](c2ccccc2)[C@@H](c2ccccc2)[N+](=O)[O-])cc1. The highest BCUT2D eigenvalue weighted by atomic mass is 16.6. The molecule has 3 aromatic carbocycles. The number of methoxy groups -OCH3 is 1. The van der Waals surface area contributed by atoms with Crippen molar-refractivity contribution in [2.75, 3.05) is 7.11 Å². The van der Waals surface area contributed by atoms with E-state index in [1.165, 1.54) is 0 Å². The summed E-state index contributed by atoms with van der Waals surface area (Å²) in [5, 5.41) is 12.0. The van der Waals surface area contributed by atoms with Crippen molar-refractivity contribution in [3.63, 3.8) is 0 Å². The summed E-state index contributed by atoms with van der Waals surface area (Å²) in [4.78, 5) is 24.6. The molecule has 0 bridgehead atoms. The zero-order valence-electron chi connectivity index (χ0n) is 15.5. The Hall–Kier alpha value is -3.47. The van der Waals surface area contributed by atoms with Gasteiger partial charge in [-0.1, -0.05) is 60.7 Å². The second-order valence-corrected chi connectivity index (χ2v) is 6.51. The van der Waals surface area contributed by atoms with Crippen LogP contribution in [0.25, 0.3) is 0 Å². The smallest absolute Gasteiger partial charge is 0.245 e. The highest BCUT2D eigenvalue weighted by Gasteiger charge is 2.36. The number of hydrogen-bond donors (Lipinski definition) is 0. The molecule has 142 valence electrons. The van der Waals surface area contributed by atoms with Crippen LogP contribution in [0.2, 0.25) is 0 Å². The minimum absolute atomic E-state index is 0.0386. The van der Waals surface area contributed by atoms with Crippen LogP contribution in [0.15, 0.2) is 84.9 Å². The van der Waals surface area contributed by atoms with Gasteiger partial charge >= 0.3 is 0 Å². The van der Waals surface area contributed by atoms with Gasteiger partial charge < -0.3 is 4.74 Å². The summed E-state index contributed by atoms with van der Waals surface area (Å²) in [7, 11) is 1.56. The third-order valence-electron chi connectivity index (χ3n) is 4.79. The van der Waals surface area contributed by atoms with Gasteiger partial charge in [0.1, 0.15) is 5.75 Å². The Bertz CT molecular complexity index is 924. The minimum atomic E-state index is -1.01. The number of nitro groups is 1. The van der Waals surface area contributed by atoms with Crippen molar-refractivity contribution in [3.05, 3.63) is 112 Å². The normalized spacial score (nSPS) is 12.8. The molecule has 28 heavy (non-hydrogen) atoms. The van der Waals surface area contributed by atoms with E-state index >= 15 is 0 Å². The number of benzene rings is 3. The molecule has 0 N–H and O–H groups in total. The maximum atomic E-state index is 12.9. The van der Waals surface area contributed by atoms with Crippen LogP contribution >= 0.6 is 0 Å². The molecule has 0 unspecified atom stereocenters. The number of ether oxygens (including phenoxy) is 1. The molecule has 3 aromatic rings. The zero-order chi connectivity index (χ0) is 19.9. The number of hydrogen-bond acceptors (Lipinski definition) is 4. The quantitative estimate of drug-likeness (QED) is 0.313. The Morgan fingerprint density at radius 2 is 1.43 bits per heavy atom. The molecular weight excluding hydrogens is 354 g/mol. The molecule has 0 amide bonds. The van der Waals surface area contributed by atoms with Crippen LogP contribution in [-0.4, -0.2) is 17.8 Å². The second-order valence-electron chi connectivity index (χ2n) is 6.51. The highest BCUT2D eigenvalue weighted by Crippen LogP contribution is 2.37. The second kappa shape index (κ2) is 8.95. The standard InChI is InChI=1S/C23H21NO4/c1-28-20-14-12-18(13-15-20)22(25)16-21(17-8-4-2-5-9-17)23(24(26)27)19-10-6-3-7-11-19/h2-15,21,23H,16H2,1H3/t21-,23+/m0/s1. The lowest BCUT2D eigenvalue weighted by Crippen LogP contribution is -2.22. The Morgan fingerprint density at radius 3 is 1.93 bits per heavy atom. The average molecular weight is 375 g/mol. The van der Waals surface area contributed by atoms with Gasteiger partial charge in [0.2, 0.25) is 6.04 Å². The summed E-state index contributed by atoms with van der Waals surface area (Å²) < 4.78 is 5.13. The van der Waals surface area contributed by atoms with E-state index in [1.807, 2.05) is 36.4 Å². The first-order valence-electron chi connectivity index (χ1n) is 9.01. The fourth-order valence-corrected chi connectivity index (χ4v) is 3.36. The van der Waals surface area contributed by atoms with E-state index in [0.29, 0.717) is 16.9 Å². The summed E-state index contributed by atoms with van der Waals surface area (Å²) in [6, 6.07) is 23.9. The van der Waals surface area contributed by atoms with E-state index in [0.717, 1.165) is 5.56 Å². The van der Waals surface area contributed by atoms with Gasteiger partial charge in [-0.05, 0) is 29.8 Å². The van der Waals surface area contributed by atoms with E-state index in [1.54, 1.807) is 55.6 Å². The van der Waals surface area contributed by atoms with Gasteiger partial charge in [0.15, 0.2) is 5.78 Å². The average Bonchev–Trinajstić information content (AvgIpc) is 2.74. The van der Waals surface area contributed by atoms with Gasteiger partial charge in [0, 0.05) is 22.5 Å². The summed E-state index contributed by atoms with van der Waals surface area (Å²) >= 11 is 0. The molecule has 2 atom stereocenters. The minimum Gasteiger partial charge on any atom is -0.497 e. The number of nitrogens with zero attached hydrogens (tertiary/aromatic N) is 1. The van der Waals surface area contributed by atoms with Crippen LogP contribution in [0.4, 0.5) is 0 Å². The summed E-state index contributed by atoms with van der Waals surface area (Å²) in [5.41, 5.74) is 1.87. The fraction of sp³-hybridized carbons (Fsp3) is 0.174. The molecule has 0 radical (unpaired) electrons. The molecule has 0 aliphatic rings. The van der Waals surface area contributed by atoms with E-state index in [4.69, 9.17) is 4.74 Å². The molecular formula is C23H21NO4. The van der Waals surface area contributed by atoms with Gasteiger partial charge in [0.05, 0.1) is 13.0 Å². The Kier molecular flexibility index (Phi) is 6.17. The summed E-state index contributed by atoms with van der Waals surface area (Å²) in [6.45, 7) is 0. The molecule has 0 aromatic heterocycles. The third-order valence-corrected chi connectivity index (χ3v) is 4.79. The third kappa shape index (κ3) is 4.43. The number of carbonyl (C=O) groups is 1. The van der Waals surface area contributed by atoms with E-state index < -0.39 is 12.0 Å². The number of carbonyl (C=O) groups excluding carboxylic acids is 1. The first kappa shape index (κ1) is 19.3. The number of ketones is 1. The van der Waals surface area contributed by atoms with Crippen molar-refractivity contribution < 1.29 is 14.5 Å². The number of Topliss-reactive ketones (excluding diaryl/α,β-unsaturated/α-hetero) is 1. The molecule has 0 aliphatic heterocycles. The van der Waals surface area contributed by atoms with Crippen LogP contribution < -0.4 is 4.74 Å². The lowest BCUT2D eigenvalue weighted by atomic mass is 9.83. The first-order valence-corrected chi connectivity index (χ1v) is 9.01. The predicted octanol–water partition coefficient (Wildman–Crippen LogP) is 5.07. The van der Waals surface area contributed by atoms with Crippen molar-refractivity contribution in [1.82, 2.24) is 0 Å². The summed E-state index contributed by atoms with van der Waals surface area (Å²) in [5.74, 6) is -0.0592. The molecule has 0 heterocycles. The molecule has 5 heteroatoms. The molecule has 3 rings (SSSR count). The lowest BCUT2D eigenvalue weighted by Gasteiger charge is -2.21. The monoisotopic (exact) mass is 375 g/mol. The van der Waals surface area contributed by atoms with Gasteiger partial charge in [-0.2, -0.15) is 0 Å². The Balaban J connectivity index is 1.96. The lowest BCUT2D eigenvalue weighted by molar-refractivity contribution is -0.533. The van der Waals surface area contributed by atoms with E-state index in [2.05, 4.69) is 0 Å². The predicted molar refractivity (Wildman–Crippen MR) is 107 cm³/mol. The van der Waals surface area contributed by atoms with Crippen molar-refractivity contribution >= 4 is 5.78 Å². The topological polar surface area (TPSA) is 69.4 Å². The first-order chi connectivity index (χ1) is 13.6. The van der Waals surface area contributed by atoms with Crippen LogP contribution in [0.5, 0.6) is 5.75 Å². The Labute approximate surface area is 163 Å². The zero-order valence-corrected chi connectivity index (χ0v) is 15.5. The van der Waals surface area contributed by atoms with Crippen molar-refractivity contribution in [2.45, 2.75) is 18.4 Å². The Morgan fingerprint density at radius 1 is 0.893 bits per heavy atom. The van der Waals surface area contributed by atoms with Crippen molar-refractivity contribution in [1.29, 1.82) is 0 Å². The maximum absolute atomic E-state index is 12.9. The van der Waals surface area contributed by atoms with Gasteiger partial charge in [-0.25, -0.2) is 0 Å². The van der Waals surface area contributed by atoms with E-state index in [-0.39, 0.29) is 17.1 Å². The van der Waals surface area contributed by atoms with Crippen LogP contribution in [0, 0.1) is 10.1 Å². The van der Waals surface area contributed by atoms with Gasteiger partial charge in [-0.3, -0.25) is 14.9 Å². The number of rotatable bonds is 8. The van der Waals surface area contributed by atoms with Crippen molar-refractivity contribution in [2.24, 2.45) is 0 Å². The molecule has 0 saturated heterocycles. The fourth-order valence-electron chi connectivity index (χ4n) is 3.36. The van der Waals surface area contributed by atoms with Crippen LogP contribution in [0.3, 0.4) is 0 Å². The van der Waals surface area contributed by atoms with Crippen LogP contribution in [0.1, 0.15) is 39.9 Å².